The zero-order valence-electron chi connectivity index (χ0n) is 13.5. The summed E-state index contributed by atoms with van der Waals surface area (Å²) in [6, 6.07) is -1.44. The lowest BCUT2D eigenvalue weighted by atomic mass is 10.1. The largest absolute Gasteiger partial charge is 0.400 e. The molecule has 0 spiro atoms. The predicted molar refractivity (Wildman–Crippen MR) is 87.3 cm³/mol. The molecular weight excluding hydrogens is 300 g/mol. The quantitative estimate of drug-likeness (QED) is 0.119. The molecule has 0 heterocycles. The van der Waals surface area contributed by atoms with Gasteiger partial charge in [0.05, 0.1) is 12.1 Å². The SMILES string of the molecule is CC(=O)C(CCCCN(N)/C=C(\N)CN)NC(=O)CC(N)C=O. The van der Waals surface area contributed by atoms with Gasteiger partial charge in [-0.2, -0.15) is 0 Å². The fourth-order valence-electron chi connectivity index (χ4n) is 1.87. The normalized spacial score (nSPS) is 14.0. The van der Waals surface area contributed by atoms with Crippen LogP contribution in [0.3, 0.4) is 0 Å². The van der Waals surface area contributed by atoms with E-state index in [9.17, 15) is 14.4 Å². The van der Waals surface area contributed by atoms with Gasteiger partial charge in [0.1, 0.15) is 6.29 Å². The number of nitrogens with two attached hydrogens (primary N) is 4. The minimum absolute atomic E-state index is 0.132. The molecule has 0 rings (SSSR count). The minimum Gasteiger partial charge on any atom is -0.400 e. The molecule has 0 aliphatic heterocycles. The number of carbonyl (C=O) groups is 3. The molecule has 1 amide bonds. The summed E-state index contributed by atoms with van der Waals surface area (Å²) in [5.74, 6) is 5.16. The van der Waals surface area contributed by atoms with Crippen LogP contribution in [0.25, 0.3) is 0 Å². The Kier molecular flexibility index (Phi) is 10.6. The fraction of sp³-hybridized carbons (Fsp3) is 0.643. The van der Waals surface area contributed by atoms with Crippen LogP contribution in [0.1, 0.15) is 32.6 Å². The summed E-state index contributed by atoms with van der Waals surface area (Å²) in [6.07, 6.45) is 3.82. The van der Waals surface area contributed by atoms with E-state index in [4.69, 9.17) is 23.0 Å². The first-order valence-electron chi connectivity index (χ1n) is 7.48. The predicted octanol–water partition coefficient (Wildman–Crippen LogP) is -1.92. The molecule has 0 saturated heterocycles. The number of rotatable bonds is 12. The third-order valence-corrected chi connectivity index (χ3v) is 3.15. The molecule has 0 aromatic heterocycles. The van der Waals surface area contributed by atoms with E-state index in [1.54, 1.807) is 6.20 Å². The first-order chi connectivity index (χ1) is 10.8. The summed E-state index contributed by atoms with van der Waals surface area (Å²) >= 11 is 0. The highest BCUT2D eigenvalue weighted by atomic mass is 16.2. The lowest BCUT2D eigenvalue weighted by Gasteiger charge is -2.18. The van der Waals surface area contributed by atoms with E-state index in [2.05, 4.69) is 5.32 Å². The maximum Gasteiger partial charge on any atom is 0.222 e. The molecule has 0 aliphatic carbocycles. The zero-order chi connectivity index (χ0) is 17.8. The number of nitrogens with zero attached hydrogens (tertiary/aromatic N) is 1. The first kappa shape index (κ1) is 21.0. The molecule has 0 bridgehead atoms. The Labute approximate surface area is 136 Å². The first-order valence-corrected chi connectivity index (χ1v) is 7.48. The molecule has 9 nitrogen and oxygen atoms in total. The molecule has 2 atom stereocenters. The average molecular weight is 328 g/mol. The van der Waals surface area contributed by atoms with Gasteiger partial charge in [-0.25, -0.2) is 5.84 Å². The number of ketones is 1. The smallest absolute Gasteiger partial charge is 0.222 e. The van der Waals surface area contributed by atoms with Crippen LogP contribution in [0.4, 0.5) is 0 Å². The zero-order valence-corrected chi connectivity index (χ0v) is 13.5. The van der Waals surface area contributed by atoms with Gasteiger partial charge in [-0.05, 0) is 26.2 Å². The summed E-state index contributed by atoms with van der Waals surface area (Å²) < 4.78 is 0. The summed E-state index contributed by atoms with van der Waals surface area (Å²) in [5, 5.41) is 4.03. The van der Waals surface area contributed by atoms with Crippen molar-refractivity contribution in [3.05, 3.63) is 11.9 Å². The molecule has 2 unspecified atom stereocenters. The van der Waals surface area contributed by atoms with Crippen molar-refractivity contribution in [3.63, 3.8) is 0 Å². The van der Waals surface area contributed by atoms with Crippen molar-refractivity contribution < 1.29 is 14.4 Å². The molecule has 9 heteroatoms. The van der Waals surface area contributed by atoms with Crippen LogP contribution in [0.15, 0.2) is 11.9 Å². The third kappa shape index (κ3) is 10.4. The molecule has 9 N–H and O–H groups in total. The number of carbonyl (C=O) groups excluding carboxylic acids is 3. The maximum absolute atomic E-state index is 11.7. The van der Waals surface area contributed by atoms with Gasteiger partial charge in [0.2, 0.25) is 5.91 Å². The summed E-state index contributed by atoms with van der Waals surface area (Å²) in [7, 11) is 0. The van der Waals surface area contributed by atoms with E-state index in [0.717, 1.165) is 6.42 Å². The lowest BCUT2D eigenvalue weighted by molar-refractivity contribution is -0.127. The molecular formula is C14H28N6O3. The number of hydrazine groups is 1. The average Bonchev–Trinajstić information content (AvgIpc) is 2.49. The van der Waals surface area contributed by atoms with E-state index in [0.29, 0.717) is 31.4 Å². The van der Waals surface area contributed by atoms with Crippen LogP contribution in [0.5, 0.6) is 0 Å². The number of hydrogen-bond donors (Lipinski definition) is 5. The monoisotopic (exact) mass is 328 g/mol. The molecule has 0 saturated carbocycles. The van der Waals surface area contributed by atoms with Crippen LogP contribution in [0, 0.1) is 0 Å². The van der Waals surface area contributed by atoms with Gasteiger partial charge in [-0.1, -0.05) is 0 Å². The lowest BCUT2D eigenvalue weighted by Crippen LogP contribution is -2.42. The number of amides is 1. The Hall–Kier alpha value is -1.97. The minimum atomic E-state index is -0.854. The third-order valence-electron chi connectivity index (χ3n) is 3.15. The van der Waals surface area contributed by atoms with Crippen molar-refractivity contribution in [1.82, 2.24) is 10.3 Å². The molecule has 0 aromatic rings. The second kappa shape index (κ2) is 11.6. The number of nitrogens with one attached hydrogen (secondary N) is 1. The molecule has 132 valence electrons. The van der Waals surface area contributed by atoms with Gasteiger partial charge in [0.15, 0.2) is 5.78 Å². The molecule has 0 aromatic carbocycles. The van der Waals surface area contributed by atoms with E-state index >= 15 is 0 Å². The van der Waals surface area contributed by atoms with E-state index in [1.165, 1.54) is 11.9 Å². The summed E-state index contributed by atoms with van der Waals surface area (Å²) in [5.41, 5.74) is 16.8. The fourth-order valence-corrected chi connectivity index (χ4v) is 1.87. The van der Waals surface area contributed by atoms with E-state index in [1.807, 2.05) is 0 Å². The molecule has 0 fully saturated rings. The summed E-state index contributed by atoms with van der Waals surface area (Å²) in [4.78, 5) is 33.6. The molecule has 0 aliphatic rings. The van der Waals surface area contributed by atoms with Crippen LogP contribution >= 0.6 is 0 Å². The standard InChI is InChI=1S/C14H28N6O3/c1-10(22)13(19-14(23)6-11(16)9-21)4-2-3-5-20(18)8-12(17)7-15/h8-9,11,13H,2-7,15-18H2,1H3,(H,19,23)/b12-8-. The molecule has 0 radical (unpaired) electrons. The number of aldehydes is 1. The Morgan fingerprint density at radius 2 is 1.96 bits per heavy atom. The number of hydrogen-bond acceptors (Lipinski definition) is 8. The second-order valence-electron chi connectivity index (χ2n) is 5.38. The highest BCUT2D eigenvalue weighted by molar-refractivity contribution is 5.88. The van der Waals surface area contributed by atoms with Gasteiger partial charge in [0.25, 0.3) is 0 Å². The highest BCUT2D eigenvalue weighted by Crippen LogP contribution is 2.04. The Morgan fingerprint density at radius 3 is 2.48 bits per heavy atom. The van der Waals surface area contributed by atoms with Crippen molar-refractivity contribution in [2.75, 3.05) is 13.1 Å². The topological polar surface area (TPSA) is 171 Å². The van der Waals surface area contributed by atoms with Crippen LogP contribution in [-0.4, -0.2) is 48.2 Å². The van der Waals surface area contributed by atoms with Crippen LogP contribution in [0.2, 0.25) is 0 Å². The number of unbranched alkanes of at least 4 members (excludes halogenated alkanes) is 1. The van der Waals surface area contributed by atoms with Gasteiger partial charge in [-0.15, -0.1) is 0 Å². The number of Topliss-reactive ketones (excluding diaryl/α,β-unsaturated/α-hetero) is 1. The van der Waals surface area contributed by atoms with E-state index in [-0.39, 0.29) is 18.7 Å². The second-order valence-corrected chi connectivity index (χ2v) is 5.38. The van der Waals surface area contributed by atoms with E-state index < -0.39 is 18.0 Å². The van der Waals surface area contributed by atoms with Crippen molar-refractivity contribution in [2.45, 2.75) is 44.7 Å². The van der Waals surface area contributed by atoms with Crippen molar-refractivity contribution in [3.8, 4) is 0 Å². The Balaban J connectivity index is 4.18. The highest BCUT2D eigenvalue weighted by Gasteiger charge is 2.18. The van der Waals surface area contributed by atoms with Gasteiger partial charge < -0.3 is 32.3 Å². The van der Waals surface area contributed by atoms with Crippen molar-refractivity contribution >= 4 is 18.0 Å². The van der Waals surface area contributed by atoms with Crippen molar-refractivity contribution in [2.24, 2.45) is 23.0 Å². The van der Waals surface area contributed by atoms with Gasteiger partial charge >= 0.3 is 0 Å². The molecule has 23 heavy (non-hydrogen) atoms. The van der Waals surface area contributed by atoms with Crippen LogP contribution < -0.4 is 28.4 Å². The van der Waals surface area contributed by atoms with Gasteiger partial charge in [-0.3, -0.25) is 9.59 Å². The Bertz CT molecular complexity index is 427. The summed E-state index contributed by atoms with van der Waals surface area (Å²) in [6.45, 7) is 2.19. The maximum atomic E-state index is 11.7. The van der Waals surface area contributed by atoms with Crippen molar-refractivity contribution in [1.29, 1.82) is 0 Å². The van der Waals surface area contributed by atoms with Crippen LogP contribution in [-0.2, 0) is 14.4 Å². The van der Waals surface area contributed by atoms with Gasteiger partial charge in [0, 0.05) is 31.4 Å². The Morgan fingerprint density at radius 1 is 1.30 bits per heavy atom.